The largest absolute Gasteiger partial charge is 0.380 e. The van der Waals surface area contributed by atoms with Crippen LogP contribution < -0.4 is 5.32 Å². The molecule has 0 aliphatic carbocycles. The molecule has 1 aromatic rings. The standard InChI is InChI=1S/C14H19N3O3S/c18-14(12-7-21-8-15-12)16-11-3-17(9-1-2-19-4-9)13-6-20-5-10(11)13/h7-11,13H,1-6H2,(H,16,18)/t9?,10-,11-,13-/m1/s1. The highest BCUT2D eigenvalue weighted by Crippen LogP contribution is 2.33. The maximum Gasteiger partial charge on any atom is 0.271 e. The quantitative estimate of drug-likeness (QED) is 0.873. The minimum atomic E-state index is -0.0728. The fourth-order valence-corrected chi connectivity index (χ4v) is 4.24. The molecule has 4 heterocycles. The van der Waals surface area contributed by atoms with Gasteiger partial charge in [0, 0.05) is 42.6 Å². The SMILES string of the molecule is O=C(N[C@@H]1CN(C2CCOC2)[C@@H]2COC[C@@H]21)c1cscn1. The van der Waals surface area contributed by atoms with E-state index >= 15 is 0 Å². The molecular weight excluding hydrogens is 290 g/mol. The monoisotopic (exact) mass is 309 g/mol. The number of thiazole rings is 1. The summed E-state index contributed by atoms with van der Waals surface area (Å²) in [6.45, 7) is 4.04. The van der Waals surface area contributed by atoms with Crippen LogP contribution in [0.1, 0.15) is 16.9 Å². The predicted molar refractivity (Wildman–Crippen MR) is 77.4 cm³/mol. The van der Waals surface area contributed by atoms with Gasteiger partial charge in [0.1, 0.15) is 5.69 Å². The van der Waals surface area contributed by atoms with E-state index in [2.05, 4.69) is 15.2 Å². The second-order valence-electron chi connectivity index (χ2n) is 5.94. The lowest BCUT2D eigenvalue weighted by molar-refractivity contribution is 0.0889. The smallest absolute Gasteiger partial charge is 0.271 e. The first-order chi connectivity index (χ1) is 10.3. The topological polar surface area (TPSA) is 63.7 Å². The molecule has 0 spiro atoms. The third-order valence-corrected chi connectivity index (χ3v) is 5.39. The minimum absolute atomic E-state index is 0.0728. The van der Waals surface area contributed by atoms with E-state index in [1.54, 1.807) is 10.9 Å². The highest BCUT2D eigenvalue weighted by atomic mass is 32.1. The van der Waals surface area contributed by atoms with E-state index in [9.17, 15) is 4.79 Å². The van der Waals surface area contributed by atoms with Crippen molar-refractivity contribution in [1.29, 1.82) is 0 Å². The van der Waals surface area contributed by atoms with Crippen LogP contribution in [-0.4, -0.2) is 66.9 Å². The third kappa shape index (κ3) is 2.48. The van der Waals surface area contributed by atoms with Gasteiger partial charge in [-0.3, -0.25) is 9.69 Å². The number of fused-ring (bicyclic) bond motifs is 1. The van der Waals surface area contributed by atoms with Crippen LogP contribution in [0.4, 0.5) is 0 Å². The highest BCUT2D eigenvalue weighted by molar-refractivity contribution is 7.07. The van der Waals surface area contributed by atoms with E-state index in [1.807, 2.05) is 0 Å². The van der Waals surface area contributed by atoms with Gasteiger partial charge in [0.2, 0.25) is 0 Å². The third-order valence-electron chi connectivity index (χ3n) is 4.80. The average Bonchev–Trinajstić information content (AvgIpc) is 3.26. The summed E-state index contributed by atoms with van der Waals surface area (Å²) in [6.07, 6.45) is 1.08. The number of aromatic nitrogens is 1. The van der Waals surface area contributed by atoms with E-state index in [4.69, 9.17) is 9.47 Å². The number of rotatable bonds is 3. The Hall–Kier alpha value is -1.02. The summed E-state index contributed by atoms with van der Waals surface area (Å²) < 4.78 is 11.2. The van der Waals surface area contributed by atoms with Crippen molar-refractivity contribution in [1.82, 2.24) is 15.2 Å². The average molecular weight is 309 g/mol. The number of carbonyl (C=O) groups is 1. The first kappa shape index (κ1) is 13.6. The minimum Gasteiger partial charge on any atom is -0.380 e. The van der Waals surface area contributed by atoms with Crippen molar-refractivity contribution in [3.05, 3.63) is 16.6 Å². The summed E-state index contributed by atoms with van der Waals surface area (Å²) in [5.41, 5.74) is 2.20. The molecule has 1 unspecified atom stereocenters. The molecule has 0 saturated carbocycles. The van der Waals surface area contributed by atoms with Gasteiger partial charge in [-0.1, -0.05) is 0 Å². The molecule has 0 radical (unpaired) electrons. The number of hydrogen-bond donors (Lipinski definition) is 1. The Balaban J connectivity index is 1.46. The molecule has 1 amide bonds. The molecule has 114 valence electrons. The lowest BCUT2D eigenvalue weighted by Crippen LogP contribution is -2.43. The van der Waals surface area contributed by atoms with Crippen LogP contribution in [0.2, 0.25) is 0 Å². The van der Waals surface area contributed by atoms with Crippen molar-refractivity contribution in [3.8, 4) is 0 Å². The molecule has 21 heavy (non-hydrogen) atoms. The van der Waals surface area contributed by atoms with Crippen LogP contribution in [0.25, 0.3) is 0 Å². The number of nitrogens with zero attached hydrogens (tertiary/aromatic N) is 2. The maximum atomic E-state index is 12.2. The number of ether oxygens (including phenoxy) is 2. The normalized spacial score (nSPS) is 36.0. The van der Waals surface area contributed by atoms with Crippen LogP contribution in [0.15, 0.2) is 10.9 Å². The summed E-state index contributed by atoms with van der Waals surface area (Å²) in [4.78, 5) is 18.8. The van der Waals surface area contributed by atoms with Gasteiger partial charge in [-0.05, 0) is 6.42 Å². The van der Waals surface area contributed by atoms with Gasteiger partial charge in [-0.15, -0.1) is 11.3 Å². The van der Waals surface area contributed by atoms with Gasteiger partial charge >= 0.3 is 0 Å². The van der Waals surface area contributed by atoms with Gasteiger partial charge in [0.25, 0.3) is 5.91 Å². The maximum absolute atomic E-state index is 12.2. The lowest BCUT2D eigenvalue weighted by Gasteiger charge is -2.27. The van der Waals surface area contributed by atoms with Crippen molar-refractivity contribution in [2.75, 3.05) is 33.0 Å². The zero-order valence-electron chi connectivity index (χ0n) is 11.7. The molecular formula is C14H19N3O3S. The zero-order valence-corrected chi connectivity index (χ0v) is 12.6. The van der Waals surface area contributed by atoms with Crippen molar-refractivity contribution >= 4 is 17.2 Å². The molecule has 1 N–H and O–H groups in total. The Morgan fingerprint density at radius 2 is 2.33 bits per heavy atom. The van der Waals surface area contributed by atoms with E-state index < -0.39 is 0 Å². The predicted octanol–water partition coefficient (Wildman–Crippen LogP) is 0.361. The summed E-state index contributed by atoms with van der Waals surface area (Å²) in [6, 6.07) is 1.03. The van der Waals surface area contributed by atoms with Crippen LogP contribution in [0.3, 0.4) is 0 Å². The van der Waals surface area contributed by atoms with Crippen molar-refractivity contribution in [3.63, 3.8) is 0 Å². The first-order valence-corrected chi connectivity index (χ1v) is 8.37. The molecule has 0 aromatic carbocycles. The molecule has 3 aliphatic rings. The Kier molecular flexibility index (Phi) is 3.66. The Bertz CT molecular complexity index is 504. The summed E-state index contributed by atoms with van der Waals surface area (Å²) in [5, 5.41) is 4.94. The highest BCUT2D eigenvalue weighted by Gasteiger charge is 2.48. The van der Waals surface area contributed by atoms with Gasteiger partial charge in [-0.25, -0.2) is 4.98 Å². The molecule has 4 atom stereocenters. The molecule has 7 heteroatoms. The van der Waals surface area contributed by atoms with Crippen molar-refractivity contribution < 1.29 is 14.3 Å². The van der Waals surface area contributed by atoms with Crippen LogP contribution in [0, 0.1) is 5.92 Å². The fraction of sp³-hybridized carbons (Fsp3) is 0.714. The Labute approximate surface area is 127 Å². The van der Waals surface area contributed by atoms with Gasteiger partial charge in [0.15, 0.2) is 0 Å². The first-order valence-electron chi connectivity index (χ1n) is 7.43. The Morgan fingerprint density at radius 3 is 3.10 bits per heavy atom. The summed E-state index contributed by atoms with van der Waals surface area (Å²) >= 11 is 1.44. The molecule has 0 bridgehead atoms. The Morgan fingerprint density at radius 1 is 1.38 bits per heavy atom. The van der Waals surface area contributed by atoms with E-state index in [0.29, 0.717) is 23.7 Å². The van der Waals surface area contributed by atoms with Crippen LogP contribution >= 0.6 is 11.3 Å². The number of carbonyl (C=O) groups excluding carboxylic acids is 1. The van der Waals surface area contributed by atoms with Gasteiger partial charge < -0.3 is 14.8 Å². The van der Waals surface area contributed by atoms with Gasteiger partial charge in [0.05, 0.1) is 25.3 Å². The summed E-state index contributed by atoms with van der Waals surface area (Å²) in [5.74, 6) is 0.310. The van der Waals surface area contributed by atoms with E-state index in [0.717, 1.165) is 39.4 Å². The van der Waals surface area contributed by atoms with E-state index in [-0.39, 0.29) is 11.9 Å². The van der Waals surface area contributed by atoms with Crippen LogP contribution in [0.5, 0.6) is 0 Å². The summed E-state index contributed by atoms with van der Waals surface area (Å²) in [7, 11) is 0. The molecule has 3 fully saturated rings. The molecule has 4 rings (SSSR count). The second kappa shape index (κ2) is 5.64. The zero-order chi connectivity index (χ0) is 14.2. The number of amides is 1. The van der Waals surface area contributed by atoms with Crippen molar-refractivity contribution in [2.24, 2.45) is 5.92 Å². The molecule has 3 aliphatic heterocycles. The van der Waals surface area contributed by atoms with Crippen LogP contribution in [-0.2, 0) is 9.47 Å². The number of nitrogens with one attached hydrogen (secondary N) is 1. The molecule has 6 nitrogen and oxygen atoms in total. The van der Waals surface area contributed by atoms with Gasteiger partial charge in [-0.2, -0.15) is 0 Å². The second-order valence-corrected chi connectivity index (χ2v) is 6.66. The molecule has 3 saturated heterocycles. The molecule has 1 aromatic heterocycles. The number of hydrogen-bond acceptors (Lipinski definition) is 6. The van der Waals surface area contributed by atoms with Crippen molar-refractivity contribution in [2.45, 2.75) is 24.5 Å². The fourth-order valence-electron chi connectivity index (χ4n) is 3.71. The lowest BCUT2D eigenvalue weighted by atomic mass is 9.99. The number of likely N-dealkylation sites (tertiary alicyclic amines) is 1. The van der Waals surface area contributed by atoms with E-state index in [1.165, 1.54) is 11.3 Å².